The molecule has 20 heavy (non-hydrogen) atoms. The van der Waals surface area contributed by atoms with E-state index in [9.17, 15) is 0 Å². The Balaban J connectivity index is 2.22. The van der Waals surface area contributed by atoms with E-state index < -0.39 is 0 Å². The molecule has 1 saturated carbocycles. The third-order valence-corrected chi connectivity index (χ3v) is 6.61. The van der Waals surface area contributed by atoms with Gasteiger partial charge in [0.1, 0.15) is 0 Å². The summed E-state index contributed by atoms with van der Waals surface area (Å²) in [7, 11) is 0. The normalized spacial score (nSPS) is 37.8. The molecule has 0 aromatic rings. The van der Waals surface area contributed by atoms with Crippen LogP contribution >= 0.6 is 0 Å². The highest BCUT2D eigenvalue weighted by Crippen LogP contribution is 2.60. The van der Waals surface area contributed by atoms with Crippen LogP contribution in [-0.2, 0) is 0 Å². The van der Waals surface area contributed by atoms with Gasteiger partial charge in [-0.15, -0.1) is 6.58 Å². The maximum Gasteiger partial charge on any atom is -0.0149 e. The van der Waals surface area contributed by atoms with Crippen LogP contribution in [-0.4, -0.2) is 0 Å². The number of allylic oxidation sites excluding steroid dienone is 3. The molecule has 0 bridgehead atoms. The summed E-state index contributed by atoms with van der Waals surface area (Å²) < 4.78 is 0. The van der Waals surface area contributed by atoms with E-state index in [1.165, 1.54) is 38.5 Å². The molecule has 0 radical (unpaired) electrons. The second kappa shape index (κ2) is 5.70. The Hall–Kier alpha value is -0.520. The minimum absolute atomic E-state index is 0.520. The van der Waals surface area contributed by atoms with Gasteiger partial charge in [-0.1, -0.05) is 51.8 Å². The van der Waals surface area contributed by atoms with Gasteiger partial charge < -0.3 is 0 Å². The van der Waals surface area contributed by atoms with Crippen molar-refractivity contribution in [2.45, 2.75) is 73.1 Å². The number of fused-ring (bicyclic) bond motifs is 1. The molecular formula is C20H34. The molecule has 0 aromatic carbocycles. The molecule has 0 N–H and O–H groups in total. The molecule has 0 heteroatoms. The van der Waals surface area contributed by atoms with Crippen LogP contribution in [0.25, 0.3) is 0 Å². The van der Waals surface area contributed by atoms with Crippen molar-refractivity contribution < 1.29 is 0 Å². The highest BCUT2D eigenvalue weighted by Gasteiger charge is 2.51. The van der Waals surface area contributed by atoms with Crippen molar-refractivity contribution in [3.63, 3.8) is 0 Å². The fourth-order valence-electron chi connectivity index (χ4n) is 5.24. The Morgan fingerprint density at radius 1 is 1.35 bits per heavy atom. The molecule has 4 atom stereocenters. The van der Waals surface area contributed by atoms with E-state index in [0.29, 0.717) is 16.7 Å². The van der Waals surface area contributed by atoms with Crippen LogP contribution in [0.15, 0.2) is 24.3 Å². The minimum atomic E-state index is 0.520. The maximum absolute atomic E-state index is 3.95. The Morgan fingerprint density at radius 3 is 2.70 bits per heavy atom. The molecule has 2 rings (SSSR count). The molecule has 0 heterocycles. The van der Waals surface area contributed by atoms with Crippen LogP contribution in [0, 0.1) is 28.6 Å². The largest absolute Gasteiger partial charge is 0.103 e. The van der Waals surface area contributed by atoms with E-state index in [1.54, 1.807) is 5.57 Å². The molecular weight excluding hydrogens is 240 g/mol. The zero-order valence-corrected chi connectivity index (χ0v) is 14.3. The summed E-state index contributed by atoms with van der Waals surface area (Å²) in [5.74, 6) is 2.32. The lowest BCUT2D eigenvalue weighted by Gasteiger charge is -2.57. The van der Waals surface area contributed by atoms with Crippen molar-refractivity contribution in [2.24, 2.45) is 28.6 Å². The Bertz CT molecular complexity index is 387. The third-order valence-electron chi connectivity index (χ3n) is 6.61. The summed E-state index contributed by atoms with van der Waals surface area (Å²) in [5.41, 5.74) is 2.71. The van der Waals surface area contributed by atoms with Crippen LogP contribution in [0.1, 0.15) is 73.1 Å². The van der Waals surface area contributed by atoms with Crippen LogP contribution in [0.2, 0.25) is 0 Å². The summed E-state index contributed by atoms with van der Waals surface area (Å²) in [4.78, 5) is 0. The van der Waals surface area contributed by atoms with E-state index in [-0.39, 0.29) is 0 Å². The van der Waals surface area contributed by atoms with Crippen LogP contribution < -0.4 is 0 Å². The van der Waals surface area contributed by atoms with Gasteiger partial charge in [0.2, 0.25) is 0 Å². The quantitative estimate of drug-likeness (QED) is 0.521. The monoisotopic (exact) mass is 274 g/mol. The zero-order valence-electron chi connectivity index (χ0n) is 14.3. The van der Waals surface area contributed by atoms with Gasteiger partial charge in [-0.05, 0) is 67.6 Å². The van der Waals surface area contributed by atoms with Gasteiger partial charge in [-0.3, -0.25) is 0 Å². The highest BCUT2D eigenvalue weighted by molar-refractivity contribution is 5.18. The van der Waals surface area contributed by atoms with Crippen LogP contribution in [0.5, 0.6) is 0 Å². The van der Waals surface area contributed by atoms with Gasteiger partial charge >= 0.3 is 0 Å². The van der Waals surface area contributed by atoms with Crippen molar-refractivity contribution in [3.8, 4) is 0 Å². The van der Waals surface area contributed by atoms with Gasteiger partial charge in [-0.2, -0.15) is 0 Å². The molecule has 2 aliphatic rings. The second-order valence-electron chi connectivity index (χ2n) is 8.43. The average molecular weight is 274 g/mol. The number of rotatable bonds is 4. The number of hydrogen-bond donors (Lipinski definition) is 0. The lowest BCUT2D eigenvalue weighted by Crippen LogP contribution is -2.48. The molecule has 0 saturated heterocycles. The lowest BCUT2D eigenvalue weighted by atomic mass is 9.48. The lowest BCUT2D eigenvalue weighted by molar-refractivity contribution is -0.0400. The summed E-state index contributed by atoms with van der Waals surface area (Å²) >= 11 is 0. The summed E-state index contributed by atoms with van der Waals surface area (Å²) in [5, 5.41) is 0. The molecule has 0 aromatic heterocycles. The van der Waals surface area contributed by atoms with Crippen molar-refractivity contribution >= 4 is 0 Å². The van der Waals surface area contributed by atoms with E-state index in [2.05, 4.69) is 53.3 Å². The van der Waals surface area contributed by atoms with E-state index >= 15 is 0 Å². The molecule has 0 aliphatic heterocycles. The topological polar surface area (TPSA) is 0 Å². The predicted octanol–water partition coefficient (Wildman–Crippen LogP) is 6.39. The smallest absolute Gasteiger partial charge is 0.0149 e. The van der Waals surface area contributed by atoms with Gasteiger partial charge in [0, 0.05) is 0 Å². The van der Waals surface area contributed by atoms with Gasteiger partial charge in [0.15, 0.2) is 0 Å². The van der Waals surface area contributed by atoms with Crippen molar-refractivity contribution in [1.82, 2.24) is 0 Å². The highest BCUT2D eigenvalue weighted by atomic mass is 14.6. The van der Waals surface area contributed by atoms with Crippen molar-refractivity contribution in [2.75, 3.05) is 0 Å². The van der Waals surface area contributed by atoms with Gasteiger partial charge in [0.05, 0.1) is 0 Å². The van der Waals surface area contributed by atoms with E-state index in [4.69, 9.17) is 0 Å². The zero-order chi connectivity index (χ0) is 15.0. The minimum Gasteiger partial charge on any atom is -0.103 e. The molecule has 0 amide bonds. The first-order chi connectivity index (χ1) is 9.31. The number of hydrogen-bond acceptors (Lipinski definition) is 0. The fraction of sp³-hybridized carbons (Fsp3) is 0.800. The molecule has 114 valence electrons. The first-order valence-corrected chi connectivity index (χ1v) is 8.60. The predicted molar refractivity (Wildman–Crippen MR) is 89.7 cm³/mol. The first-order valence-electron chi connectivity index (χ1n) is 8.60. The molecule has 0 unspecified atom stereocenters. The molecule has 2 aliphatic carbocycles. The average Bonchev–Trinajstić information content (AvgIpc) is 2.36. The SMILES string of the molecule is C=C[C@H](C)CC[C@H]1C(C)=CC[C@H]2C(C)(C)CCC[C@]12C. The van der Waals surface area contributed by atoms with Crippen molar-refractivity contribution in [3.05, 3.63) is 24.3 Å². The summed E-state index contributed by atoms with van der Waals surface area (Å²) in [6.45, 7) is 16.2. The van der Waals surface area contributed by atoms with Crippen LogP contribution in [0.3, 0.4) is 0 Å². The second-order valence-corrected chi connectivity index (χ2v) is 8.43. The Labute approximate surface area is 126 Å². The molecule has 1 fully saturated rings. The Morgan fingerprint density at radius 2 is 2.05 bits per heavy atom. The Kier molecular flexibility index (Phi) is 4.52. The first kappa shape index (κ1) is 15.9. The fourth-order valence-corrected chi connectivity index (χ4v) is 5.24. The van der Waals surface area contributed by atoms with Crippen molar-refractivity contribution in [1.29, 1.82) is 0 Å². The molecule has 0 spiro atoms. The third kappa shape index (κ3) is 2.76. The summed E-state index contributed by atoms with van der Waals surface area (Å²) in [6.07, 6.45) is 12.9. The molecule has 0 nitrogen and oxygen atoms in total. The van der Waals surface area contributed by atoms with E-state index in [0.717, 1.165) is 11.8 Å². The van der Waals surface area contributed by atoms with Gasteiger partial charge in [-0.25, -0.2) is 0 Å². The standard InChI is InChI=1S/C20H34/c1-7-15(2)9-11-17-16(3)10-12-18-19(4,5)13-8-14-20(17,18)6/h7,10,15,17-18H,1,8-9,11-14H2,2-6H3/t15-,17-,18-,20+/m0/s1. The van der Waals surface area contributed by atoms with Gasteiger partial charge in [0.25, 0.3) is 0 Å². The van der Waals surface area contributed by atoms with Crippen LogP contribution in [0.4, 0.5) is 0 Å². The van der Waals surface area contributed by atoms with E-state index in [1.807, 2.05) is 0 Å². The summed E-state index contributed by atoms with van der Waals surface area (Å²) in [6, 6.07) is 0. The maximum atomic E-state index is 3.95.